The number of aliphatic hydroxyl groups excluding tert-OH is 1. The fourth-order valence-corrected chi connectivity index (χ4v) is 2.86. The van der Waals surface area contributed by atoms with Gasteiger partial charge in [-0.15, -0.1) is 0 Å². The van der Waals surface area contributed by atoms with Crippen LogP contribution in [0, 0.1) is 11.7 Å². The summed E-state index contributed by atoms with van der Waals surface area (Å²) in [5.41, 5.74) is 0.392. The van der Waals surface area contributed by atoms with E-state index in [9.17, 15) is 9.50 Å². The monoisotopic (exact) mass is 265 g/mol. The van der Waals surface area contributed by atoms with E-state index < -0.39 is 6.10 Å². The van der Waals surface area contributed by atoms with Gasteiger partial charge < -0.3 is 9.84 Å². The standard InChI is InChI=1S/C15H20FNO2/c16-13-4-2-1-3-12(13)15(18)9-17-7-8-19-10-14(17)11-5-6-11/h1-4,11,14-15,18H,5-10H2. The van der Waals surface area contributed by atoms with Gasteiger partial charge in [0.1, 0.15) is 5.82 Å². The minimum atomic E-state index is -0.763. The molecule has 0 bridgehead atoms. The van der Waals surface area contributed by atoms with Crippen molar-refractivity contribution in [2.24, 2.45) is 5.92 Å². The van der Waals surface area contributed by atoms with Crippen molar-refractivity contribution in [1.29, 1.82) is 0 Å². The van der Waals surface area contributed by atoms with Crippen LogP contribution < -0.4 is 0 Å². The summed E-state index contributed by atoms with van der Waals surface area (Å²) in [6, 6.07) is 6.87. The molecule has 0 radical (unpaired) electrons. The molecule has 1 saturated carbocycles. The number of hydrogen-bond acceptors (Lipinski definition) is 3. The summed E-state index contributed by atoms with van der Waals surface area (Å²) < 4.78 is 19.2. The Kier molecular flexibility index (Phi) is 3.82. The Morgan fingerprint density at radius 1 is 1.37 bits per heavy atom. The molecule has 2 atom stereocenters. The number of halogens is 1. The zero-order valence-electron chi connectivity index (χ0n) is 11.0. The third-order valence-corrected chi connectivity index (χ3v) is 4.12. The third kappa shape index (κ3) is 2.96. The Labute approximate surface area is 113 Å². The summed E-state index contributed by atoms with van der Waals surface area (Å²) in [6.07, 6.45) is 1.74. The lowest BCUT2D eigenvalue weighted by atomic mass is 10.1. The summed E-state index contributed by atoms with van der Waals surface area (Å²) in [6.45, 7) is 2.76. The van der Waals surface area contributed by atoms with Gasteiger partial charge in [0.25, 0.3) is 0 Å². The maximum absolute atomic E-state index is 13.7. The molecular weight excluding hydrogens is 245 g/mol. The molecule has 1 aliphatic heterocycles. The average molecular weight is 265 g/mol. The van der Waals surface area contributed by atoms with E-state index in [0.29, 0.717) is 30.7 Å². The molecule has 1 heterocycles. The fourth-order valence-electron chi connectivity index (χ4n) is 2.86. The van der Waals surface area contributed by atoms with Crippen molar-refractivity contribution in [3.8, 4) is 0 Å². The Morgan fingerprint density at radius 2 is 2.16 bits per heavy atom. The van der Waals surface area contributed by atoms with E-state index >= 15 is 0 Å². The van der Waals surface area contributed by atoms with E-state index in [1.807, 2.05) is 0 Å². The van der Waals surface area contributed by atoms with Crippen molar-refractivity contribution in [2.75, 3.05) is 26.3 Å². The minimum Gasteiger partial charge on any atom is -0.387 e. The molecule has 19 heavy (non-hydrogen) atoms. The van der Waals surface area contributed by atoms with Crippen molar-refractivity contribution >= 4 is 0 Å². The molecule has 104 valence electrons. The second-order valence-electron chi connectivity index (χ2n) is 5.51. The van der Waals surface area contributed by atoms with E-state index in [-0.39, 0.29) is 5.82 Å². The van der Waals surface area contributed by atoms with Gasteiger partial charge in [-0.1, -0.05) is 18.2 Å². The number of β-amino-alcohol motifs (C(OH)–C–C–N with tert-alkyl or cyclic N) is 1. The Morgan fingerprint density at radius 3 is 2.89 bits per heavy atom. The molecular formula is C15H20FNO2. The van der Waals surface area contributed by atoms with Gasteiger partial charge in [0.05, 0.1) is 19.3 Å². The molecule has 3 rings (SSSR count). The number of ether oxygens (including phenoxy) is 1. The van der Waals surface area contributed by atoms with Crippen LogP contribution in [0.5, 0.6) is 0 Å². The van der Waals surface area contributed by atoms with Gasteiger partial charge in [0.15, 0.2) is 0 Å². The largest absolute Gasteiger partial charge is 0.387 e. The van der Waals surface area contributed by atoms with Crippen molar-refractivity contribution in [3.63, 3.8) is 0 Å². The zero-order chi connectivity index (χ0) is 13.2. The number of hydrogen-bond donors (Lipinski definition) is 1. The van der Waals surface area contributed by atoms with Gasteiger partial charge in [-0.3, -0.25) is 4.90 Å². The third-order valence-electron chi connectivity index (χ3n) is 4.12. The lowest BCUT2D eigenvalue weighted by Crippen LogP contribution is -2.48. The number of benzene rings is 1. The molecule has 0 amide bonds. The van der Waals surface area contributed by atoms with Crippen LogP contribution in [0.15, 0.2) is 24.3 Å². The topological polar surface area (TPSA) is 32.7 Å². The van der Waals surface area contributed by atoms with Gasteiger partial charge >= 0.3 is 0 Å². The van der Waals surface area contributed by atoms with Crippen LogP contribution in [0.4, 0.5) is 4.39 Å². The zero-order valence-corrected chi connectivity index (χ0v) is 11.0. The summed E-state index contributed by atoms with van der Waals surface area (Å²) in [5.74, 6) is 0.374. The van der Waals surface area contributed by atoms with Crippen molar-refractivity contribution in [1.82, 2.24) is 4.90 Å². The van der Waals surface area contributed by atoms with Crippen molar-refractivity contribution in [3.05, 3.63) is 35.6 Å². The second kappa shape index (κ2) is 5.57. The van der Waals surface area contributed by atoms with Crippen molar-refractivity contribution in [2.45, 2.75) is 25.0 Å². The predicted molar refractivity (Wildman–Crippen MR) is 70.3 cm³/mol. The molecule has 1 aliphatic carbocycles. The maximum Gasteiger partial charge on any atom is 0.129 e. The van der Waals surface area contributed by atoms with Crippen molar-refractivity contribution < 1.29 is 14.2 Å². The van der Waals surface area contributed by atoms with Crippen LogP contribution in [-0.4, -0.2) is 42.4 Å². The molecule has 1 N–H and O–H groups in total. The first-order valence-electron chi connectivity index (χ1n) is 7.00. The van der Waals surface area contributed by atoms with Gasteiger partial charge in [0, 0.05) is 24.7 Å². The highest BCUT2D eigenvalue weighted by Gasteiger charge is 2.37. The SMILES string of the molecule is OC(CN1CCOCC1C1CC1)c1ccccc1F. The Hall–Kier alpha value is -0.970. The highest BCUT2D eigenvalue weighted by Crippen LogP contribution is 2.37. The predicted octanol–water partition coefficient (Wildman–Crippen LogP) is 1.97. The van der Waals surface area contributed by atoms with Crippen LogP contribution in [0.2, 0.25) is 0 Å². The van der Waals surface area contributed by atoms with E-state index in [1.165, 1.54) is 18.9 Å². The molecule has 3 nitrogen and oxygen atoms in total. The van der Waals surface area contributed by atoms with E-state index in [1.54, 1.807) is 18.2 Å². The summed E-state index contributed by atoms with van der Waals surface area (Å²) in [4.78, 5) is 2.26. The van der Waals surface area contributed by atoms with Crippen LogP contribution >= 0.6 is 0 Å². The number of nitrogens with zero attached hydrogens (tertiary/aromatic N) is 1. The number of rotatable bonds is 4. The molecule has 1 saturated heterocycles. The molecule has 2 fully saturated rings. The van der Waals surface area contributed by atoms with Crippen LogP contribution in [-0.2, 0) is 4.74 Å². The molecule has 4 heteroatoms. The van der Waals surface area contributed by atoms with E-state index in [2.05, 4.69) is 4.90 Å². The quantitative estimate of drug-likeness (QED) is 0.903. The number of aliphatic hydroxyl groups is 1. The minimum absolute atomic E-state index is 0.328. The first-order chi connectivity index (χ1) is 9.25. The van der Waals surface area contributed by atoms with E-state index in [0.717, 1.165) is 13.2 Å². The Bertz CT molecular complexity index is 436. The van der Waals surface area contributed by atoms with Crippen LogP contribution in [0.3, 0.4) is 0 Å². The highest BCUT2D eigenvalue weighted by molar-refractivity contribution is 5.20. The average Bonchev–Trinajstić information content (AvgIpc) is 3.24. The normalized spacial score (nSPS) is 26.3. The molecule has 2 unspecified atom stereocenters. The smallest absolute Gasteiger partial charge is 0.129 e. The second-order valence-corrected chi connectivity index (χ2v) is 5.51. The summed E-state index contributed by atoms with van der Waals surface area (Å²) >= 11 is 0. The van der Waals surface area contributed by atoms with Gasteiger partial charge in [-0.2, -0.15) is 0 Å². The highest BCUT2D eigenvalue weighted by atomic mass is 19.1. The summed E-state index contributed by atoms with van der Waals surface area (Å²) in [7, 11) is 0. The molecule has 0 spiro atoms. The Balaban J connectivity index is 1.67. The first-order valence-corrected chi connectivity index (χ1v) is 7.00. The molecule has 0 aromatic heterocycles. The lowest BCUT2D eigenvalue weighted by molar-refractivity contribution is -0.0344. The van der Waals surface area contributed by atoms with Crippen LogP contribution in [0.25, 0.3) is 0 Å². The lowest BCUT2D eigenvalue weighted by Gasteiger charge is -2.37. The molecule has 2 aliphatic rings. The summed E-state index contributed by atoms with van der Waals surface area (Å²) in [5, 5.41) is 10.3. The van der Waals surface area contributed by atoms with Gasteiger partial charge in [-0.05, 0) is 24.8 Å². The van der Waals surface area contributed by atoms with Gasteiger partial charge in [0.2, 0.25) is 0 Å². The van der Waals surface area contributed by atoms with Gasteiger partial charge in [-0.25, -0.2) is 4.39 Å². The number of morpholine rings is 1. The molecule has 1 aromatic carbocycles. The maximum atomic E-state index is 13.7. The van der Waals surface area contributed by atoms with Crippen LogP contribution in [0.1, 0.15) is 24.5 Å². The first kappa shape index (κ1) is 13.0. The molecule has 1 aromatic rings. The fraction of sp³-hybridized carbons (Fsp3) is 0.600. The van der Waals surface area contributed by atoms with E-state index in [4.69, 9.17) is 4.74 Å².